The van der Waals surface area contributed by atoms with Gasteiger partial charge in [0.1, 0.15) is 0 Å². The van der Waals surface area contributed by atoms with Crippen molar-refractivity contribution in [3.05, 3.63) is 18.2 Å². The molecule has 2 fully saturated rings. The van der Waals surface area contributed by atoms with Crippen molar-refractivity contribution >= 4 is 39.3 Å². The molecular weight excluding hydrogens is 410 g/mol. The predicted octanol–water partition coefficient (Wildman–Crippen LogP) is 2.58. The van der Waals surface area contributed by atoms with Crippen LogP contribution in [0.2, 0.25) is 0 Å². The fourth-order valence-electron chi connectivity index (χ4n) is 4.24. The number of piperidine rings is 1. The summed E-state index contributed by atoms with van der Waals surface area (Å²) in [5.74, 6) is -0.175. The molecule has 2 heterocycles. The highest BCUT2D eigenvalue weighted by Crippen LogP contribution is 2.37. The number of amides is 2. The molecule has 2 N–H and O–H groups in total. The molecule has 0 radical (unpaired) electrons. The van der Waals surface area contributed by atoms with Crippen LogP contribution in [0.5, 0.6) is 0 Å². The first kappa shape index (κ1) is 20.7. The Hall–Kier alpha value is -1.58. The number of benzene rings is 1. The van der Waals surface area contributed by atoms with Crippen LogP contribution >= 0.6 is 11.8 Å². The minimum absolute atomic E-state index is 0.0663. The Labute approximate surface area is 176 Å². The van der Waals surface area contributed by atoms with E-state index in [1.165, 1.54) is 28.9 Å². The first-order valence-electron chi connectivity index (χ1n) is 10.3. The van der Waals surface area contributed by atoms with E-state index in [2.05, 4.69) is 10.6 Å². The van der Waals surface area contributed by atoms with E-state index in [0.29, 0.717) is 31.6 Å². The Morgan fingerprint density at radius 2 is 1.86 bits per heavy atom. The standard InChI is InChI=1S/C20H27N3O4S2/c1-13-19(24)22-17-12-16(6-7-18(17)28-13)29(26,27)23-10-8-14(9-11-23)20(25)21-15-4-2-3-5-15/h6-7,12-15H,2-5,8-11H2,1H3,(H,21,25)(H,22,24). The lowest BCUT2D eigenvalue weighted by Crippen LogP contribution is -2.44. The Kier molecular flexibility index (Phi) is 5.90. The van der Waals surface area contributed by atoms with Crippen molar-refractivity contribution in [1.29, 1.82) is 0 Å². The number of thioether (sulfide) groups is 1. The van der Waals surface area contributed by atoms with E-state index >= 15 is 0 Å². The summed E-state index contributed by atoms with van der Waals surface area (Å²) in [5.41, 5.74) is 0.546. The van der Waals surface area contributed by atoms with Crippen molar-refractivity contribution in [2.75, 3.05) is 18.4 Å². The average molecular weight is 438 g/mol. The van der Waals surface area contributed by atoms with Gasteiger partial charge in [-0.1, -0.05) is 12.8 Å². The Morgan fingerprint density at radius 3 is 2.55 bits per heavy atom. The zero-order valence-electron chi connectivity index (χ0n) is 16.5. The number of carbonyl (C=O) groups excluding carboxylic acids is 2. The van der Waals surface area contributed by atoms with Crippen LogP contribution in [-0.2, 0) is 19.6 Å². The number of sulfonamides is 1. The average Bonchev–Trinajstić information content (AvgIpc) is 3.21. The molecular formula is C20H27N3O4S2. The fraction of sp³-hybridized carbons (Fsp3) is 0.600. The molecule has 1 saturated carbocycles. The summed E-state index contributed by atoms with van der Waals surface area (Å²) in [4.78, 5) is 25.4. The van der Waals surface area contributed by atoms with E-state index in [0.717, 1.165) is 17.7 Å². The van der Waals surface area contributed by atoms with E-state index in [-0.39, 0.29) is 33.9 Å². The van der Waals surface area contributed by atoms with Crippen LogP contribution in [-0.4, -0.2) is 48.9 Å². The van der Waals surface area contributed by atoms with Gasteiger partial charge in [0.15, 0.2) is 0 Å². The van der Waals surface area contributed by atoms with Crippen molar-refractivity contribution in [2.45, 2.75) is 66.5 Å². The minimum Gasteiger partial charge on any atom is -0.353 e. The molecule has 7 nitrogen and oxygen atoms in total. The van der Waals surface area contributed by atoms with Crippen LogP contribution in [0.1, 0.15) is 45.4 Å². The van der Waals surface area contributed by atoms with Gasteiger partial charge in [0.05, 0.1) is 15.8 Å². The molecule has 4 rings (SSSR count). The van der Waals surface area contributed by atoms with Gasteiger partial charge in [-0.3, -0.25) is 9.59 Å². The Bertz CT molecular complexity index is 904. The number of nitrogens with zero attached hydrogens (tertiary/aromatic N) is 1. The molecule has 0 bridgehead atoms. The highest BCUT2D eigenvalue weighted by Gasteiger charge is 2.34. The van der Waals surface area contributed by atoms with Crippen molar-refractivity contribution in [3.63, 3.8) is 0 Å². The van der Waals surface area contributed by atoms with Crippen molar-refractivity contribution in [3.8, 4) is 0 Å². The van der Waals surface area contributed by atoms with Crippen molar-refractivity contribution < 1.29 is 18.0 Å². The molecule has 9 heteroatoms. The first-order chi connectivity index (χ1) is 13.8. The van der Waals surface area contributed by atoms with Crippen LogP contribution in [0.25, 0.3) is 0 Å². The summed E-state index contributed by atoms with van der Waals surface area (Å²) in [7, 11) is -3.66. The molecule has 1 unspecified atom stereocenters. The monoisotopic (exact) mass is 437 g/mol. The maximum atomic E-state index is 13.1. The van der Waals surface area contributed by atoms with Gasteiger partial charge in [-0.25, -0.2) is 8.42 Å². The van der Waals surface area contributed by atoms with Crippen LogP contribution in [0.4, 0.5) is 5.69 Å². The summed E-state index contributed by atoms with van der Waals surface area (Å²) in [6.45, 7) is 2.49. The zero-order chi connectivity index (χ0) is 20.6. The molecule has 0 aromatic heterocycles. The molecule has 2 amide bonds. The highest BCUT2D eigenvalue weighted by atomic mass is 32.2. The number of rotatable bonds is 4. The third kappa shape index (κ3) is 4.32. The Balaban J connectivity index is 1.41. The van der Waals surface area contributed by atoms with Crippen LogP contribution < -0.4 is 10.6 Å². The summed E-state index contributed by atoms with van der Waals surface area (Å²) >= 11 is 1.43. The lowest BCUT2D eigenvalue weighted by atomic mass is 9.97. The quantitative estimate of drug-likeness (QED) is 0.755. The topological polar surface area (TPSA) is 95.6 Å². The van der Waals surface area contributed by atoms with E-state index in [1.807, 2.05) is 6.92 Å². The van der Waals surface area contributed by atoms with E-state index in [9.17, 15) is 18.0 Å². The first-order valence-corrected chi connectivity index (χ1v) is 12.6. The zero-order valence-corrected chi connectivity index (χ0v) is 18.2. The number of hydrogen-bond donors (Lipinski definition) is 2. The van der Waals surface area contributed by atoms with Gasteiger partial charge >= 0.3 is 0 Å². The van der Waals surface area contributed by atoms with Gasteiger partial charge in [-0.05, 0) is 50.8 Å². The summed E-state index contributed by atoms with van der Waals surface area (Å²) in [5, 5.41) is 5.72. The van der Waals surface area contributed by atoms with Crippen molar-refractivity contribution in [1.82, 2.24) is 9.62 Å². The molecule has 3 aliphatic rings. The van der Waals surface area contributed by atoms with Gasteiger partial charge in [0.25, 0.3) is 0 Å². The number of carbonyl (C=O) groups is 2. The van der Waals surface area contributed by atoms with E-state index in [1.54, 1.807) is 18.2 Å². The molecule has 0 spiro atoms. The number of anilines is 1. The second-order valence-electron chi connectivity index (χ2n) is 8.08. The second-order valence-corrected chi connectivity index (χ2v) is 11.4. The third-order valence-corrected chi connectivity index (χ3v) is 9.12. The van der Waals surface area contributed by atoms with Gasteiger partial charge in [0.2, 0.25) is 21.8 Å². The third-order valence-electron chi connectivity index (χ3n) is 6.05. The van der Waals surface area contributed by atoms with Gasteiger partial charge < -0.3 is 10.6 Å². The van der Waals surface area contributed by atoms with Crippen LogP contribution in [0, 0.1) is 5.92 Å². The lowest BCUT2D eigenvalue weighted by Gasteiger charge is -2.31. The largest absolute Gasteiger partial charge is 0.353 e. The lowest BCUT2D eigenvalue weighted by molar-refractivity contribution is -0.126. The van der Waals surface area contributed by atoms with E-state index < -0.39 is 10.0 Å². The summed E-state index contributed by atoms with van der Waals surface area (Å²) < 4.78 is 27.6. The maximum absolute atomic E-state index is 13.1. The summed E-state index contributed by atoms with van der Waals surface area (Å²) in [6, 6.07) is 5.19. The van der Waals surface area contributed by atoms with Gasteiger partial charge in [-0.15, -0.1) is 11.8 Å². The Morgan fingerprint density at radius 1 is 1.17 bits per heavy atom. The second kappa shape index (κ2) is 8.28. The van der Waals surface area contributed by atoms with Crippen molar-refractivity contribution in [2.24, 2.45) is 5.92 Å². The maximum Gasteiger partial charge on any atom is 0.243 e. The molecule has 1 saturated heterocycles. The summed E-state index contributed by atoms with van der Waals surface area (Å²) in [6.07, 6.45) is 5.50. The minimum atomic E-state index is -3.66. The number of nitrogens with one attached hydrogen (secondary N) is 2. The molecule has 1 aliphatic carbocycles. The molecule has 1 aromatic carbocycles. The smallest absolute Gasteiger partial charge is 0.243 e. The molecule has 158 valence electrons. The van der Waals surface area contributed by atoms with Crippen LogP contribution in [0.3, 0.4) is 0 Å². The fourth-order valence-corrected chi connectivity index (χ4v) is 6.67. The van der Waals surface area contributed by atoms with Gasteiger partial charge in [-0.2, -0.15) is 4.31 Å². The SMILES string of the molecule is CC1Sc2ccc(S(=O)(=O)N3CCC(C(=O)NC4CCCC4)CC3)cc2NC1=O. The number of hydrogen-bond acceptors (Lipinski definition) is 5. The molecule has 2 aliphatic heterocycles. The molecule has 1 atom stereocenters. The highest BCUT2D eigenvalue weighted by molar-refractivity contribution is 8.01. The van der Waals surface area contributed by atoms with Gasteiger partial charge in [0, 0.05) is 29.9 Å². The molecule has 29 heavy (non-hydrogen) atoms. The molecule has 1 aromatic rings. The number of fused-ring (bicyclic) bond motifs is 1. The van der Waals surface area contributed by atoms with E-state index in [4.69, 9.17) is 0 Å². The van der Waals surface area contributed by atoms with Crippen LogP contribution in [0.15, 0.2) is 28.0 Å². The normalized spacial score (nSPS) is 24.2. The predicted molar refractivity (Wildman–Crippen MR) is 112 cm³/mol.